The van der Waals surface area contributed by atoms with Crippen LogP contribution in [0.1, 0.15) is 42.3 Å². The standard InChI is InChI=1S/C27H30Cl2N2O4S2/c1-4-19(3)31(37(33,34)22-8-5-20(28)6-9-22)16-27(32)30-13-11-26-23(12-14-36-26)25(30)17-35-21-7-10-24(29)18(2)15-21/h5-10,12,14-15,19,25H,4,11,13,16-17H2,1-3H3. The third kappa shape index (κ3) is 6.15. The van der Waals surface area contributed by atoms with Gasteiger partial charge in [-0.25, -0.2) is 8.42 Å². The molecule has 1 aromatic heterocycles. The molecule has 0 radical (unpaired) electrons. The van der Waals surface area contributed by atoms with Gasteiger partial charge < -0.3 is 9.64 Å². The first kappa shape index (κ1) is 27.9. The fourth-order valence-corrected chi connectivity index (χ4v) is 7.23. The number of rotatable bonds is 9. The van der Waals surface area contributed by atoms with Gasteiger partial charge in [0.05, 0.1) is 17.5 Å². The van der Waals surface area contributed by atoms with Crippen molar-refractivity contribution in [2.45, 2.75) is 50.6 Å². The van der Waals surface area contributed by atoms with Crippen LogP contribution in [-0.4, -0.2) is 49.3 Å². The second-order valence-electron chi connectivity index (χ2n) is 9.14. The van der Waals surface area contributed by atoms with Gasteiger partial charge in [-0.1, -0.05) is 30.1 Å². The highest BCUT2D eigenvalue weighted by Gasteiger charge is 2.36. The molecule has 1 aliphatic rings. The van der Waals surface area contributed by atoms with E-state index < -0.39 is 10.0 Å². The van der Waals surface area contributed by atoms with Crippen molar-refractivity contribution in [3.05, 3.63) is 80.0 Å². The summed E-state index contributed by atoms with van der Waals surface area (Å²) in [6, 6.07) is 12.8. The molecular weight excluding hydrogens is 551 g/mol. The Labute approximate surface area is 232 Å². The lowest BCUT2D eigenvalue weighted by atomic mass is 10.0. The Bertz CT molecular complexity index is 1360. The predicted octanol–water partition coefficient (Wildman–Crippen LogP) is 6.36. The zero-order chi connectivity index (χ0) is 26.7. The molecule has 2 atom stereocenters. The molecule has 0 N–H and O–H groups in total. The smallest absolute Gasteiger partial charge is 0.243 e. The molecule has 1 amide bonds. The first-order valence-electron chi connectivity index (χ1n) is 12.1. The van der Waals surface area contributed by atoms with Gasteiger partial charge in [-0.05, 0) is 91.7 Å². The Balaban J connectivity index is 1.59. The summed E-state index contributed by atoms with van der Waals surface area (Å²) >= 11 is 13.8. The quantitative estimate of drug-likeness (QED) is 0.295. The van der Waals surface area contributed by atoms with Crippen LogP contribution in [0.2, 0.25) is 10.0 Å². The summed E-state index contributed by atoms with van der Waals surface area (Å²) < 4.78 is 34.5. The van der Waals surface area contributed by atoms with Crippen LogP contribution in [0.25, 0.3) is 0 Å². The Morgan fingerprint density at radius 1 is 1.19 bits per heavy atom. The number of ether oxygens (including phenoxy) is 1. The number of carbonyl (C=O) groups excluding carboxylic acids is 1. The number of sulfonamides is 1. The van der Waals surface area contributed by atoms with Gasteiger partial charge >= 0.3 is 0 Å². The number of thiophene rings is 1. The van der Waals surface area contributed by atoms with Crippen LogP contribution in [-0.2, 0) is 21.2 Å². The zero-order valence-electron chi connectivity index (χ0n) is 21.0. The van der Waals surface area contributed by atoms with Gasteiger partial charge in [0.25, 0.3) is 0 Å². The predicted molar refractivity (Wildman–Crippen MR) is 149 cm³/mol. The van der Waals surface area contributed by atoms with Gasteiger partial charge in [-0.3, -0.25) is 4.79 Å². The van der Waals surface area contributed by atoms with Crippen molar-refractivity contribution in [1.29, 1.82) is 0 Å². The van der Waals surface area contributed by atoms with E-state index in [1.807, 2.05) is 44.4 Å². The molecule has 0 spiro atoms. The molecule has 10 heteroatoms. The SMILES string of the molecule is CCC(C)N(CC(=O)N1CCc2sccc2C1COc1ccc(Cl)c(C)c1)S(=O)(=O)c1ccc(Cl)cc1. The van der Waals surface area contributed by atoms with Gasteiger partial charge in [-0.15, -0.1) is 11.3 Å². The van der Waals surface area contributed by atoms with Crippen molar-refractivity contribution in [3.63, 3.8) is 0 Å². The third-order valence-corrected chi connectivity index (χ3v) is 10.4. The molecule has 0 fully saturated rings. The number of benzene rings is 2. The van der Waals surface area contributed by atoms with E-state index in [1.54, 1.807) is 34.4 Å². The molecule has 2 heterocycles. The summed E-state index contributed by atoms with van der Waals surface area (Å²) in [5.41, 5.74) is 1.95. The number of aryl methyl sites for hydroxylation is 1. The highest BCUT2D eigenvalue weighted by atomic mass is 35.5. The number of fused-ring (bicyclic) bond motifs is 1. The van der Waals surface area contributed by atoms with Crippen LogP contribution in [0.3, 0.4) is 0 Å². The fraction of sp³-hybridized carbons (Fsp3) is 0.370. The lowest BCUT2D eigenvalue weighted by Crippen LogP contribution is -2.49. The maximum Gasteiger partial charge on any atom is 0.243 e. The minimum absolute atomic E-state index is 0.113. The van der Waals surface area contributed by atoms with Crippen LogP contribution >= 0.6 is 34.5 Å². The van der Waals surface area contributed by atoms with Crippen LogP contribution in [0, 0.1) is 6.92 Å². The number of hydrogen-bond donors (Lipinski definition) is 0. The van der Waals surface area contributed by atoms with Crippen LogP contribution in [0.15, 0.2) is 58.8 Å². The maximum absolute atomic E-state index is 13.7. The van der Waals surface area contributed by atoms with Gasteiger partial charge in [-0.2, -0.15) is 4.31 Å². The molecule has 0 saturated carbocycles. The van der Waals surface area contributed by atoms with E-state index >= 15 is 0 Å². The average Bonchev–Trinajstić information content (AvgIpc) is 3.36. The monoisotopic (exact) mass is 580 g/mol. The summed E-state index contributed by atoms with van der Waals surface area (Å²) in [7, 11) is -3.91. The minimum atomic E-state index is -3.91. The summed E-state index contributed by atoms with van der Waals surface area (Å²) in [5, 5.41) is 3.13. The van der Waals surface area contributed by atoms with Gasteiger partial charge in [0.1, 0.15) is 12.4 Å². The van der Waals surface area contributed by atoms with Gasteiger partial charge in [0, 0.05) is 27.5 Å². The van der Waals surface area contributed by atoms with Gasteiger partial charge in [0.2, 0.25) is 15.9 Å². The molecule has 0 bridgehead atoms. The normalized spacial score (nSPS) is 16.5. The van der Waals surface area contributed by atoms with E-state index in [1.165, 1.54) is 21.3 Å². The van der Waals surface area contributed by atoms with E-state index in [4.69, 9.17) is 27.9 Å². The molecule has 0 saturated heterocycles. The summed E-state index contributed by atoms with van der Waals surface area (Å²) in [6.07, 6.45) is 1.29. The third-order valence-electron chi connectivity index (χ3n) is 6.75. The lowest BCUT2D eigenvalue weighted by molar-refractivity contribution is -0.135. The number of amides is 1. The largest absolute Gasteiger partial charge is 0.491 e. The minimum Gasteiger partial charge on any atom is -0.491 e. The maximum atomic E-state index is 13.7. The topological polar surface area (TPSA) is 66.9 Å². The summed E-state index contributed by atoms with van der Waals surface area (Å²) in [6.45, 7) is 6.13. The number of nitrogens with zero attached hydrogens (tertiary/aromatic N) is 2. The van der Waals surface area contributed by atoms with Gasteiger partial charge in [0.15, 0.2) is 0 Å². The summed E-state index contributed by atoms with van der Waals surface area (Å²) in [4.78, 5) is 16.8. The average molecular weight is 582 g/mol. The van der Waals surface area contributed by atoms with Crippen LogP contribution < -0.4 is 4.74 Å². The Kier molecular flexibility index (Phi) is 8.86. The van der Waals surface area contributed by atoms with Crippen molar-refractivity contribution < 1.29 is 17.9 Å². The number of halogens is 2. The molecule has 198 valence electrons. The molecule has 4 rings (SSSR count). The van der Waals surface area contributed by atoms with E-state index in [0.29, 0.717) is 28.8 Å². The Morgan fingerprint density at radius 3 is 2.59 bits per heavy atom. The zero-order valence-corrected chi connectivity index (χ0v) is 24.1. The summed E-state index contributed by atoms with van der Waals surface area (Å²) in [5.74, 6) is 0.416. The van der Waals surface area contributed by atoms with Crippen LogP contribution in [0.5, 0.6) is 5.75 Å². The molecule has 6 nitrogen and oxygen atoms in total. The molecule has 37 heavy (non-hydrogen) atoms. The van der Waals surface area contributed by atoms with Crippen molar-refractivity contribution in [2.75, 3.05) is 19.7 Å². The lowest BCUT2D eigenvalue weighted by Gasteiger charge is -2.37. The number of carbonyl (C=O) groups is 1. The van der Waals surface area contributed by atoms with E-state index in [9.17, 15) is 13.2 Å². The fourth-order valence-electron chi connectivity index (χ4n) is 4.40. The molecule has 0 aliphatic carbocycles. The van der Waals surface area contributed by atoms with Crippen molar-refractivity contribution in [3.8, 4) is 5.75 Å². The molecule has 2 unspecified atom stereocenters. The van der Waals surface area contributed by atoms with E-state index in [0.717, 1.165) is 17.5 Å². The number of hydrogen-bond acceptors (Lipinski definition) is 5. The Hall–Kier alpha value is -2.10. The first-order chi connectivity index (χ1) is 17.6. The van der Waals surface area contributed by atoms with Crippen molar-refractivity contribution in [1.82, 2.24) is 9.21 Å². The Morgan fingerprint density at radius 2 is 1.92 bits per heavy atom. The van der Waals surface area contributed by atoms with Crippen molar-refractivity contribution in [2.24, 2.45) is 0 Å². The van der Waals surface area contributed by atoms with E-state index in [-0.39, 0.29) is 36.0 Å². The molecule has 3 aromatic rings. The molecular formula is C27H30Cl2N2O4S2. The first-order valence-corrected chi connectivity index (χ1v) is 15.2. The van der Waals surface area contributed by atoms with Crippen molar-refractivity contribution >= 4 is 50.5 Å². The van der Waals surface area contributed by atoms with E-state index in [2.05, 4.69) is 0 Å². The molecule has 1 aliphatic heterocycles. The second kappa shape index (κ2) is 11.7. The highest BCUT2D eigenvalue weighted by molar-refractivity contribution is 7.89. The van der Waals surface area contributed by atoms with Crippen LogP contribution in [0.4, 0.5) is 0 Å². The molecule has 2 aromatic carbocycles. The second-order valence-corrected chi connectivity index (χ2v) is 12.9. The highest BCUT2D eigenvalue weighted by Crippen LogP contribution is 2.35.